The Balaban J connectivity index is 0.000000980. The minimum Gasteiger partial charge on any atom is -0.308 e. The van der Waals surface area contributed by atoms with Gasteiger partial charge in [0, 0.05) is 10.0 Å². The molecule has 14 heavy (non-hydrogen) atoms. The van der Waals surface area contributed by atoms with Gasteiger partial charge in [0.2, 0.25) is 0 Å². The highest BCUT2D eigenvalue weighted by molar-refractivity contribution is 9.10. The monoisotopic (exact) mass is 275 g/mol. The van der Waals surface area contributed by atoms with E-state index in [-0.39, 0.29) is 17.9 Å². The molecule has 0 spiro atoms. The lowest BCUT2D eigenvalue weighted by Gasteiger charge is -2.26. The van der Waals surface area contributed by atoms with Crippen LogP contribution in [0.1, 0.15) is 25.3 Å². The van der Waals surface area contributed by atoms with Crippen LogP contribution in [0.25, 0.3) is 0 Å². The molecule has 1 unspecified atom stereocenters. The van der Waals surface area contributed by atoms with Crippen LogP contribution in [-0.2, 0) is 5.54 Å². The third-order valence-corrected chi connectivity index (χ3v) is 3.53. The van der Waals surface area contributed by atoms with Gasteiger partial charge in [0.1, 0.15) is 0 Å². The fraction of sp³-hybridized carbons (Fsp3) is 0.455. The van der Waals surface area contributed by atoms with E-state index in [9.17, 15) is 0 Å². The zero-order valence-electron chi connectivity index (χ0n) is 8.22. The predicted molar refractivity (Wildman–Crippen MR) is 66.0 cm³/mol. The van der Waals surface area contributed by atoms with Crippen LogP contribution in [-0.4, -0.2) is 6.54 Å². The molecule has 3 heteroatoms. The van der Waals surface area contributed by atoms with Gasteiger partial charge in [-0.25, -0.2) is 0 Å². The Morgan fingerprint density at radius 2 is 2.07 bits per heavy atom. The van der Waals surface area contributed by atoms with Gasteiger partial charge in [0.05, 0.1) is 0 Å². The lowest BCUT2D eigenvalue weighted by atomic mass is 9.91. The van der Waals surface area contributed by atoms with E-state index in [1.165, 1.54) is 22.9 Å². The van der Waals surface area contributed by atoms with Crippen molar-refractivity contribution in [2.45, 2.75) is 25.3 Å². The van der Waals surface area contributed by atoms with E-state index in [1.807, 2.05) is 0 Å². The molecular weight excluding hydrogens is 261 g/mol. The Hall–Kier alpha value is -0.0500. The highest BCUT2D eigenvalue weighted by Gasteiger charge is 2.31. The number of nitrogens with one attached hydrogen (secondary N) is 1. The lowest BCUT2D eigenvalue weighted by Crippen LogP contribution is -2.33. The fourth-order valence-corrected chi connectivity index (χ4v) is 2.76. The first-order valence-corrected chi connectivity index (χ1v) is 5.52. The SMILES string of the molecule is CC1(c2ccccc2Br)CCCN1.Cl. The summed E-state index contributed by atoms with van der Waals surface area (Å²) < 4.78 is 1.21. The molecule has 1 aliphatic rings. The molecule has 0 saturated carbocycles. The van der Waals surface area contributed by atoms with E-state index >= 15 is 0 Å². The summed E-state index contributed by atoms with van der Waals surface area (Å²) in [7, 11) is 0. The van der Waals surface area contributed by atoms with Gasteiger partial charge in [-0.05, 0) is 37.9 Å². The van der Waals surface area contributed by atoms with Crippen molar-refractivity contribution in [3.05, 3.63) is 34.3 Å². The van der Waals surface area contributed by atoms with Crippen molar-refractivity contribution in [1.82, 2.24) is 5.32 Å². The Morgan fingerprint density at radius 3 is 2.64 bits per heavy atom. The Labute approximate surface area is 99.8 Å². The van der Waals surface area contributed by atoms with Crippen LogP contribution in [0.4, 0.5) is 0 Å². The van der Waals surface area contributed by atoms with Crippen molar-refractivity contribution >= 4 is 28.3 Å². The topological polar surface area (TPSA) is 12.0 Å². The standard InChI is InChI=1S/C11H14BrN.ClH/c1-11(7-4-8-13-11)9-5-2-3-6-10(9)12;/h2-3,5-6,13H,4,7-8H2,1H3;1H. The van der Waals surface area contributed by atoms with Gasteiger partial charge >= 0.3 is 0 Å². The van der Waals surface area contributed by atoms with Gasteiger partial charge < -0.3 is 5.32 Å². The first-order chi connectivity index (χ1) is 6.22. The maximum atomic E-state index is 3.60. The highest BCUT2D eigenvalue weighted by atomic mass is 79.9. The van der Waals surface area contributed by atoms with E-state index in [0.717, 1.165) is 6.54 Å². The largest absolute Gasteiger partial charge is 0.308 e. The molecule has 0 radical (unpaired) electrons. The summed E-state index contributed by atoms with van der Waals surface area (Å²) in [5.74, 6) is 0. The zero-order valence-corrected chi connectivity index (χ0v) is 10.6. The molecule has 1 saturated heterocycles. The first-order valence-electron chi connectivity index (χ1n) is 4.72. The van der Waals surface area contributed by atoms with Crippen molar-refractivity contribution in [2.24, 2.45) is 0 Å². The maximum Gasteiger partial charge on any atom is 0.0417 e. The van der Waals surface area contributed by atoms with E-state index in [4.69, 9.17) is 0 Å². The van der Waals surface area contributed by atoms with Crippen molar-refractivity contribution in [2.75, 3.05) is 6.54 Å². The van der Waals surface area contributed by atoms with Gasteiger partial charge in [0.15, 0.2) is 0 Å². The van der Waals surface area contributed by atoms with Gasteiger partial charge in [-0.15, -0.1) is 12.4 Å². The molecule has 0 aromatic heterocycles. The van der Waals surface area contributed by atoms with Gasteiger partial charge in [-0.1, -0.05) is 34.1 Å². The summed E-state index contributed by atoms with van der Waals surface area (Å²) >= 11 is 3.60. The van der Waals surface area contributed by atoms with E-state index in [0.29, 0.717) is 0 Å². The van der Waals surface area contributed by atoms with Gasteiger partial charge in [-0.3, -0.25) is 0 Å². The van der Waals surface area contributed by atoms with Crippen LogP contribution in [0, 0.1) is 0 Å². The number of benzene rings is 1. The van der Waals surface area contributed by atoms with E-state index < -0.39 is 0 Å². The van der Waals surface area contributed by atoms with Gasteiger partial charge in [0.25, 0.3) is 0 Å². The van der Waals surface area contributed by atoms with Crippen LogP contribution >= 0.6 is 28.3 Å². The second-order valence-electron chi connectivity index (χ2n) is 3.84. The molecule has 0 aliphatic carbocycles. The van der Waals surface area contributed by atoms with Crippen LogP contribution < -0.4 is 5.32 Å². The molecule has 1 fully saturated rings. The van der Waals surface area contributed by atoms with Gasteiger partial charge in [-0.2, -0.15) is 0 Å². The molecule has 1 N–H and O–H groups in total. The summed E-state index contributed by atoms with van der Waals surface area (Å²) in [6.07, 6.45) is 2.51. The number of hydrogen-bond acceptors (Lipinski definition) is 1. The summed E-state index contributed by atoms with van der Waals surface area (Å²) in [5, 5.41) is 3.56. The highest BCUT2D eigenvalue weighted by Crippen LogP contribution is 2.34. The molecular formula is C11H15BrClN. The number of hydrogen-bond donors (Lipinski definition) is 1. The smallest absolute Gasteiger partial charge is 0.0417 e. The third kappa shape index (κ3) is 2.13. The van der Waals surface area contributed by atoms with Crippen LogP contribution in [0.5, 0.6) is 0 Å². The Bertz CT molecular complexity index is 308. The maximum absolute atomic E-state index is 3.60. The van der Waals surface area contributed by atoms with Crippen molar-refractivity contribution in [3.63, 3.8) is 0 Å². The summed E-state index contributed by atoms with van der Waals surface area (Å²) in [5.41, 5.74) is 1.56. The second kappa shape index (κ2) is 4.65. The Morgan fingerprint density at radius 1 is 1.36 bits per heavy atom. The second-order valence-corrected chi connectivity index (χ2v) is 4.70. The quantitative estimate of drug-likeness (QED) is 0.828. The molecule has 1 heterocycles. The molecule has 0 bridgehead atoms. The number of halogens is 2. The number of rotatable bonds is 1. The van der Waals surface area contributed by atoms with E-state index in [1.54, 1.807) is 0 Å². The average Bonchev–Trinajstić information content (AvgIpc) is 2.54. The van der Waals surface area contributed by atoms with Crippen LogP contribution in [0.15, 0.2) is 28.7 Å². The first kappa shape index (κ1) is 12.0. The van der Waals surface area contributed by atoms with E-state index in [2.05, 4.69) is 52.4 Å². The summed E-state index contributed by atoms with van der Waals surface area (Å²) in [6.45, 7) is 3.41. The molecule has 2 rings (SSSR count). The van der Waals surface area contributed by atoms with Crippen molar-refractivity contribution in [1.29, 1.82) is 0 Å². The van der Waals surface area contributed by atoms with Crippen LogP contribution in [0.3, 0.4) is 0 Å². The minimum atomic E-state index is 0. The lowest BCUT2D eigenvalue weighted by molar-refractivity contribution is 0.433. The minimum absolute atomic E-state index is 0. The molecule has 1 aromatic rings. The molecule has 1 nitrogen and oxygen atoms in total. The molecule has 1 aromatic carbocycles. The average molecular weight is 277 g/mol. The summed E-state index contributed by atoms with van der Waals surface area (Å²) in [6, 6.07) is 8.47. The predicted octanol–water partition coefficient (Wildman–Crippen LogP) is 3.47. The molecule has 0 amide bonds. The zero-order chi connectivity index (χ0) is 9.31. The summed E-state index contributed by atoms with van der Waals surface area (Å²) in [4.78, 5) is 0. The van der Waals surface area contributed by atoms with Crippen molar-refractivity contribution < 1.29 is 0 Å². The normalized spacial score (nSPS) is 25.9. The molecule has 1 atom stereocenters. The third-order valence-electron chi connectivity index (χ3n) is 2.84. The Kier molecular flexibility index (Phi) is 3.99. The molecule has 78 valence electrons. The molecule has 1 aliphatic heterocycles. The van der Waals surface area contributed by atoms with Crippen molar-refractivity contribution in [3.8, 4) is 0 Å². The fourth-order valence-electron chi connectivity index (χ4n) is 2.03. The van der Waals surface area contributed by atoms with Crippen LogP contribution in [0.2, 0.25) is 0 Å².